The second-order valence-electron chi connectivity index (χ2n) is 4.03. The third-order valence-corrected chi connectivity index (χ3v) is 4.24. The molecule has 16 heavy (non-hydrogen) atoms. The van der Waals surface area contributed by atoms with Crippen molar-refractivity contribution in [3.8, 4) is 5.75 Å². The number of aliphatic carboxylic acids is 1. The number of carboxylic acids is 1. The molecule has 86 valence electrons. The van der Waals surface area contributed by atoms with Gasteiger partial charge in [0.1, 0.15) is 10.5 Å². The van der Waals surface area contributed by atoms with Crippen LogP contribution >= 0.6 is 11.8 Å². The van der Waals surface area contributed by atoms with Crippen molar-refractivity contribution in [2.24, 2.45) is 0 Å². The normalized spacial score (nSPS) is 16.9. The Morgan fingerprint density at radius 2 is 2.19 bits per heavy atom. The predicted molar refractivity (Wildman–Crippen MR) is 63.2 cm³/mol. The lowest BCUT2D eigenvalue weighted by molar-refractivity contribution is -0.137. The summed E-state index contributed by atoms with van der Waals surface area (Å²) in [7, 11) is 1.63. The van der Waals surface area contributed by atoms with Gasteiger partial charge < -0.3 is 9.84 Å². The lowest BCUT2D eigenvalue weighted by Crippen LogP contribution is -2.17. The minimum atomic E-state index is -0.703. The molecule has 1 N–H and O–H groups in total. The molecular formula is C12H14O3S. The number of hydrogen-bond acceptors (Lipinski definition) is 3. The summed E-state index contributed by atoms with van der Waals surface area (Å²) in [6, 6.07) is 5.78. The first kappa shape index (κ1) is 11.3. The number of carboxylic acid groups (broad SMARTS) is 1. The molecule has 1 aromatic carbocycles. The minimum Gasteiger partial charge on any atom is -0.496 e. The van der Waals surface area contributed by atoms with E-state index in [4.69, 9.17) is 9.84 Å². The lowest BCUT2D eigenvalue weighted by Gasteiger charge is -2.11. The van der Waals surface area contributed by atoms with E-state index in [-0.39, 0.29) is 0 Å². The van der Waals surface area contributed by atoms with Gasteiger partial charge in [-0.3, -0.25) is 4.79 Å². The van der Waals surface area contributed by atoms with Gasteiger partial charge in [0, 0.05) is 4.90 Å². The van der Waals surface area contributed by atoms with Crippen molar-refractivity contribution >= 4 is 17.7 Å². The van der Waals surface area contributed by atoms with Gasteiger partial charge in [-0.15, -0.1) is 11.8 Å². The van der Waals surface area contributed by atoms with Crippen LogP contribution in [0.3, 0.4) is 0 Å². The van der Waals surface area contributed by atoms with Gasteiger partial charge in [-0.05, 0) is 43.5 Å². The highest BCUT2D eigenvalue weighted by molar-refractivity contribution is 8.01. The summed E-state index contributed by atoms with van der Waals surface area (Å²) in [5, 5.41) is 9.09. The van der Waals surface area contributed by atoms with Crippen LogP contribution < -0.4 is 4.74 Å². The van der Waals surface area contributed by atoms with Crippen LogP contribution in [0.15, 0.2) is 23.1 Å². The Labute approximate surface area is 98.8 Å². The molecule has 1 aromatic rings. The monoisotopic (exact) mass is 238 g/mol. The first-order chi connectivity index (χ1) is 7.57. The molecule has 0 atom stereocenters. The van der Waals surface area contributed by atoms with Gasteiger partial charge in [-0.1, -0.05) is 0 Å². The maximum Gasteiger partial charge on any atom is 0.320 e. The van der Waals surface area contributed by atoms with Crippen LogP contribution in [0, 0.1) is 6.92 Å². The van der Waals surface area contributed by atoms with Gasteiger partial charge in [0.15, 0.2) is 0 Å². The maximum atomic E-state index is 11.1. The Bertz CT molecular complexity index is 424. The van der Waals surface area contributed by atoms with Crippen molar-refractivity contribution in [2.45, 2.75) is 29.4 Å². The van der Waals surface area contributed by atoms with Gasteiger partial charge in [-0.2, -0.15) is 0 Å². The van der Waals surface area contributed by atoms with Crippen LogP contribution in [-0.4, -0.2) is 22.9 Å². The summed E-state index contributed by atoms with van der Waals surface area (Å²) in [6.07, 6.45) is 1.52. The van der Waals surface area contributed by atoms with E-state index in [0.717, 1.165) is 29.1 Å². The highest BCUT2D eigenvalue weighted by atomic mass is 32.2. The second-order valence-corrected chi connectivity index (χ2v) is 5.49. The number of carbonyl (C=O) groups is 1. The topological polar surface area (TPSA) is 46.5 Å². The first-order valence-corrected chi connectivity index (χ1v) is 5.96. The maximum absolute atomic E-state index is 11.1. The summed E-state index contributed by atoms with van der Waals surface area (Å²) in [5.74, 6) is 0.135. The average Bonchev–Trinajstić information content (AvgIpc) is 2.99. The SMILES string of the molecule is COc1ccc(SC2(C(=O)O)CC2)cc1C. The standard InChI is InChI=1S/C12H14O3S/c1-8-7-9(3-4-10(8)15-2)16-12(5-6-12)11(13)14/h3-4,7H,5-6H2,1-2H3,(H,13,14). The van der Waals surface area contributed by atoms with E-state index >= 15 is 0 Å². The molecule has 0 aliphatic heterocycles. The molecule has 0 bridgehead atoms. The van der Waals surface area contributed by atoms with Crippen LogP contribution in [0.4, 0.5) is 0 Å². The van der Waals surface area contributed by atoms with Crippen LogP contribution in [0.1, 0.15) is 18.4 Å². The molecule has 1 saturated carbocycles. The lowest BCUT2D eigenvalue weighted by atomic mass is 10.2. The van der Waals surface area contributed by atoms with Gasteiger partial charge in [-0.25, -0.2) is 0 Å². The number of methoxy groups -OCH3 is 1. The molecule has 0 aromatic heterocycles. The quantitative estimate of drug-likeness (QED) is 0.876. The van der Waals surface area contributed by atoms with Crippen molar-refractivity contribution in [1.82, 2.24) is 0 Å². The predicted octanol–water partition coefficient (Wildman–Crippen LogP) is 2.71. The summed E-state index contributed by atoms with van der Waals surface area (Å²) in [4.78, 5) is 12.0. The highest BCUT2D eigenvalue weighted by Gasteiger charge is 2.51. The fourth-order valence-corrected chi connectivity index (χ4v) is 2.83. The third kappa shape index (κ3) is 2.02. The molecule has 1 aliphatic rings. The molecule has 2 rings (SSSR count). The molecular weight excluding hydrogens is 224 g/mol. The molecule has 1 fully saturated rings. The summed E-state index contributed by atoms with van der Waals surface area (Å²) >= 11 is 1.44. The van der Waals surface area contributed by atoms with Crippen LogP contribution in [-0.2, 0) is 4.79 Å². The van der Waals surface area contributed by atoms with E-state index in [0.29, 0.717) is 0 Å². The Morgan fingerprint density at radius 1 is 1.50 bits per heavy atom. The largest absolute Gasteiger partial charge is 0.496 e. The van der Waals surface area contributed by atoms with Crippen LogP contribution in [0.25, 0.3) is 0 Å². The van der Waals surface area contributed by atoms with E-state index in [1.807, 2.05) is 25.1 Å². The van der Waals surface area contributed by atoms with Gasteiger partial charge in [0.05, 0.1) is 7.11 Å². The molecule has 1 aliphatic carbocycles. The smallest absolute Gasteiger partial charge is 0.320 e. The molecule has 0 radical (unpaired) electrons. The zero-order valence-corrected chi connectivity index (χ0v) is 10.1. The van der Waals surface area contributed by atoms with Crippen LogP contribution in [0.5, 0.6) is 5.75 Å². The van der Waals surface area contributed by atoms with Crippen molar-refractivity contribution < 1.29 is 14.6 Å². The van der Waals surface area contributed by atoms with Crippen molar-refractivity contribution in [3.63, 3.8) is 0 Å². The van der Waals surface area contributed by atoms with E-state index in [1.54, 1.807) is 7.11 Å². The Hall–Kier alpha value is -1.16. The number of thioether (sulfide) groups is 1. The first-order valence-electron chi connectivity index (χ1n) is 5.14. The Balaban J connectivity index is 2.17. The number of aryl methyl sites for hydroxylation is 1. The molecule has 0 heterocycles. The highest BCUT2D eigenvalue weighted by Crippen LogP contribution is 2.52. The molecule has 0 spiro atoms. The molecule has 0 saturated heterocycles. The molecule has 3 nitrogen and oxygen atoms in total. The number of rotatable bonds is 4. The fraction of sp³-hybridized carbons (Fsp3) is 0.417. The zero-order valence-electron chi connectivity index (χ0n) is 9.32. The Kier molecular flexibility index (Phi) is 2.84. The van der Waals surface area contributed by atoms with Crippen LogP contribution in [0.2, 0.25) is 0 Å². The average molecular weight is 238 g/mol. The minimum absolute atomic E-state index is 0.568. The molecule has 0 amide bonds. The van der Waals surface area contributed by atoms with E-state index in [2.05, 4.69) is 0 Å². The van der Waals surface area contributed by atoms with Crippen molar-refractivity contribution in [2.75, 3.05) is 7.11 Å². The summed E-state index contributed by atoms with van der Waals surface area (Å²) in [5.41, 5.74) is 1.04. The van der Waals surface area contributed by atoms with Gasteiger partial charge in [0.25, 0.3) is 0 Å². The number of benzene rings is 1. The van der Waals surface area contributed by atoms with Gasteiger partial charge >= 0.3 is 5.97 Å². The van der Waals surface area contributed by atoms with Crippen molar-refractivity contribution in [1.29, 1.82) is 0 Å². The second kappa shape index (κ2) is 4.01. The summed E-state index contributed by atoms with van der Waals surface area (Å²) < 4.78 is 4.60. The van der Waals surface area contributed by atoms with Crippen molar-refractivity contribution in [3.05, 3.63) is 23.8 Å². The fourth-order valence-electron chi connectivity index (χ4n) is 1.61. The van der Waals surface area contributed by atoms with Gasteiger partial charge in [0.2, 0.25) is 0 Å². The number of hydrogen-bond donors (Lipinski definition) is 1. The molecule has 0 unspecified atom stereocenters. The Morgan fingerprint density at radius 3 is 2.62 bits per heavy atom. The number of ether oxygens (including phenoxy) is 1. The summed E-state index contributed by atoms with van der Waals surface area (Å²) in [6.45, 7) is 1.96. The molecule has 4 heteroatoms. The van der Waals surface area contributed by atoms with E-state index in [1.165, 1.54) is 11.8 Å². The van der Waals surface area contributed by atoms with E-state index < -0.39 is 10.7 Å². The zero-order chi connectivity index (χ0) is 11.8. The third-order valence-electron chi connectivity index (χ3n) is 2.77. The van der Waals surface area contributed by atoms with E-state index in [9.17, 15) is 4.79 Å².